The minimum absolute atomic E-state index is 0.132. The van der Waals surface area contributed by atoms with E-state index in [2.05, 4.69) is 61.5 Å². The van der Waals surface area contributed by atoms with Crippen molar-refractivity contribution in [2.75, 3.05) is 0 Å². The summed E-state index contributed by atoms with van der Waals surface area (Å²) in [6, 6.07) is 27.2. The van der Waals surface area contributed by atoms with Crippen molar-refractivity contribution in [3.05, 3.63) is 107 Å². The van der Waals surface area contributed by atoms with E-state index in [9.17, 15) is 4.39 Å². The normalized spacial score (nSPS) is 20.1. The summed E-state index contributed by atoms with van der Waals surface area (Å²) in [5.74, 6) is 1.87. The summed E-state index contributed by atoms with van der Waals surface area (Å²) in [6.45, 7) is 2.31. The lowest BCUT2D eigenvalue weighted by Crippen LogP contribution is -2.14. The summed E-state index contributed by atoms with van der Waals surface area (Å²) < 4.78 is 13.1. The van der Waals surface area contributed by atoms with Crippen LogP contribution in [0.2, 0.25) is 0 Å². The van der Waals surface area contributed by atoms with Gasteiger partial charge in [0.05, 0.1) is 0 Å². The van der Waals surface area contributed by atoms with Crippen molar-refractivity contribution in [3.63, 3.8) is 0 Å². The molecule has 0 aliphatic heterocycles. The van der Waals surface area contributed by atoms with E-state index >= 15 is 0 Å². The first-order chi connectivity index (χ1) is 14.7. The van der Waals surface area contributed by atoms with Crippen LogP contribution in [0.3, 0.4) is 0 Å². The lowest BCUT2D eigenvalue weighted by molar-refractivity contribution is 0.310. The Morgan fingerprint density at radius 3 is 2.07 bits per heavy atom. The van der Waals surface area contributed by atoms with E-state index in [4.69, 9.17) is 0 Å². The molecule has 30 heavy (non-hydrogen) atoms. The summed E-state index contributed by atoms with van der Waals surface area (Å²) in [5.41, 5.74) is 5.62. The molecule has 1 aliphatic carbocycles. The molecule has 0 nitrogen and oxygen atoms in total. The van der Waals surface area contributed by atoms with Crippen LogP contribution in [0.15, 0.2) is 78.9 Å². The molecule has 1 saturated carbocycles. The smallest absolute Gasteiger partial charge is 0.123 e. The van der Waals surface area contributed by atoms with Crippen LogP contribution in [-0.2, 0) is 12.8 Å². The van der Waals surface area contributed by atoms with E-state index in [1.807, 2.05) is 12.1 Å². The number of hydrogen-bond donors (Lipinski definition) is 0. The van der Waals surface area contributed by atoms with Crippen LogP contribution in [0.1, 0.15) is 73.1 Å². The largest absolute Gasteiger partial charge is 0.207 e. The standard InChI is InChI=1S/C29H33F/c1-22(26-5-3-2-4-6-26)21-25-11-9-23(10-12-25)7-8-24-13-15-27(16-14-24)28-17-19-29(30)20-18-28/h2-6,9-12,17-20,22,24,27H,7-8,13-16,21H2,1H3. The maximum atomic E-state index is 13.1. The molecular formula is C29H33F. The topological polar surface area (TPSA) is 0 Å². The Morgan fingerprint density at radius 2 is 1.40 bits per heavy atom. The van der Waals surface area contributed by atoms with E-state index in [1.54, 1.807) is 12.1 Å². The fourth-order valence-electron chi connectivity index (χ4n) is 4.99. The molecule has 0 amide bonds. The van der Waals surface area contributed by atoms with Gasteiger partial charge in [0.2, 0.25) is 0 Å². The van der Waals surface area contributed by atoms with Crippen LogP contribution >= 0.6 is 0 Å². The van der Waals surface area contributed by atoms with Crippen LogP contribution in [0.4, 0.5) is 4.39 Å². The van der Waals surface area contributed by atoms with Gasteiger partial charge in [0.1, 0.15) is 5.82 Å². The van der Waals surface area contributed by atoms with Crippen molar-refractivity contribution in [2.24, 2.45) is 5.92 Å². The first kappa shape index (κ1) is 20.8. The van der Waals surface area contributed by atoms with Crippen molar-refractivity contribution in [1.29, 1.82) is 0 Å². The van der Waals surface area contributed by atoms with E-state index < -0.39 is 0 Å². The lowest BCUT2D eigenvalue weighted by atomic mass is 9.77. The van der Waals surface area contributed by atoms with Crippen molar-refractivity contribution in [3.8, 4) is 0 Å². The third-order valence-corrected chi connectivity index (χ3v) is 6.96. The molecule has 3 aromatic carbocycles. The maximum Gasteiger partial charge on any atom is 0.123 e. The number of halogens is 1. The zero-order chi connectivity index (χ0) is 20.8. The summed E-state index contributed by atoms with van der Waals surface area (Å²) in [5, 5.41) is 0. The van der Waals surface area contributed by atoms with Crippen LogP contribution < -0.4 is 0 Å². The highest BCUT2D eigenvalue weighted by Gasteiger charge is 2.22. The van der Waals surface area contributed by atoms with Gasteiger partial charge in [-0.05, 0) is 97.1 Å². The number of hydrogen-bond acceptors (Lipinski definition) is 0. The molecular weight excluding hydrogens is 367 g/mol. The van der Waals surface area contributed by atoms with Crippen molar-refractivity contribution in [1.82, 2.24) is 0 Å². The molecule has 0 radical (unpaired) electrons. The van der Waals surface area contributed by atoms with Crippen LogP contribution in [0, 0.1) is 11.7 Å². The molecule has 1 aliphatic rings. The van der Waals surface area contributed by atoms with E-state index in [0.29, 0.717) is 11.8 Å². The van der Waals surface area contributed by atoms with Crippen molar-refractivity contribution in [2.45, 2.75) is 63.7 Å². The van der Waals surface area contributed by atoms with Gasteiger partial charge in [-0.15, -0.1) is 0 Å². The number of aryl methyl sites for hydroxylation is 1. The maximum absolute atomic E-state index is 13.1. The lowest BCUT2D eigenvalue weighted by Gasteiger charge is -2.29. The second-order valence-corrected chi connectivity index (χ2v) is 9.14. The van der Waals surface area contributed by atoms with Gasteiger partial charge in [-0.2, -0.15) is 0 Å². The van der Waals surface area contributed by atoms with Crippen LogP contribution in [-0.4, -0.2) is 0 Å². The van der Waals surface area contributed by atoms with Gasteiger partial charge >= 0.3 is 0 Å². The summed E-state index contributed by atoms with van der Waals surface area (Å²) in [6.07, 6.45) is 8.65. The zero-order valence-electron chi connectivity index (χ0n) is 18.1. The van der Waals surface area contributed by atoms with Gasteiger partial charge in [0.25, 0.3) is 0 Å². The fourth-order valence-corrected chi connectivity index (χ4v) is 4.99. The average Bonchev–Trinajstić information content (AvgIpc) is 2.80. The fraction of sp³-hybridized carbons (Fsp3) is 0.379. The van der Waals surface area contributed by atoms with E-state index in [1.165, 1.54) is 60.8 Å². The SMILES string of the molecule is CC(Cc1ccc(CCC2CCC(c3ccc(F)cc3)CC2)cc1)c1ccccc1. The average molecular weight is 401 g/mol. The van der Waals surface area contributed by atoms with Gasteiger partial charge < -0.3 is 0 Å². The van der Waals surface area contributed by atoms with Crippen molar-refractivity contribution >= 4 is 0 Å². The van der Waals surface area contributed by atoms with Gasteiger partial charge in [0, 0.05) is 0 Å². The van der Waals surface area contributed by atoms with Crippen LogP contribution in [0.25, 0.3) is 0 Å². The Labute approximate surface area is 181 Å². The van der Waals surface area contributed by atoms with E-state index in [-0.39, 0.29) is 5.82 Å². The third-order valence-electron chi connectivity index (χ3n) is 6.96. The first-order valence-electron chi connectivity index (χ1n) is 11.6. The minimum Gasteiger partial charge on any atom is -0.207 e. The predicted octanol–water partition coefficient (Wildman–Crippen LogP) is 8.08. The third kappa shape index (κ3) is 5.59. The molecule has 1 unspecified atom stereocenters. The predicted molar refractivity (Wildman–Crippen MR) is 124 cm³/mol. The number of rotatable bonds is 7. The molecule has 0 aromatic heterocycles. The molecule has 0 saturated heterocycles. The number of benzene rings is 3. The van der Waals surface area contributed by atoms with Crippen molar-refractivity contribution < 1.29 is 4.39 Å². The quantitative estimate of drug-likeness (QED) is 0.376. The summed E-state index contributed by atoms with van der Waals surface area (Å²) >= 11 is 0. The molecule has 1 fully saturated rings. The highest BCUT2D eigenvalue weighted by molar-refractivity contribution is 5.27. The Bertz CT molecular complexity index is 887. The molecule has 0 bridgehead atoms. The highest BCUT2D eigenvalue weighted by atomic mass is 19.1. The first-order valence-corrected chi connectivity index (χ1v) is 11.6. The second-order valence-electron chi connectivity index (χ2n) is 9.14. The summed E-state index contributed by atoms with van der Waals surface area (Å²) in [4.78, 5) is 0. The van der Waals surface area contributed by atoms with E-state index in [0.717, 1.165) is 12.3 Å². The van der Waals surface area contributed by atoms with Gasteiger partial charge in [-0.25, -0.2) is 4.39 Å². The molecule has 3 aromatic rings. The molecule has 0 N–H and O–H groups in total. The monoisotopic (exact) mass is 400 g/mol. The Morgan fingerprint density at radius 1 is 0.767 bits per heavy atom. The van der Waals surface area contributed by atoms with Gasteiger partial charge in [-0.1, -0.05) is 73.7 Å². The second kappa shape index (κ2) is 10.1. The summed E-state index contributed by atoms with van der Waals surface area (Å²) in [7, 11) is 0. The molecule has 0 spiro atoms. The molecule has 0 heterocycles. The molecule has 156 valence electrons. The molecule has 1 heteroatoms. The zero-order valence-corrected chi connectivity index (χ0v) is 18.1. The van der Waals surface area contributed by atoms with Gasteiger partial charge in [0.15, 0.2) is 0 Å². The highest BCUT2D eigenvalue weighted by Crippen LogP contribution is 2.37. The molecule has 4 rings (SSSR count). The molecule has 1 atom stereocenters. The van der Waals surface area contributed by atoms with Gasteiger partial charge in [-0.3, -0.25) is 0 Å². The minimum atomic E-state index is -0.132. The Balaban J connectivity index is 1.22. The Kier molecular flexibility index (Phi) is 7.00. The Hall–Kier alpha value is -2.41. The van der Waals surface area contributed by atoms with Crippen LogP contribution in [0.5, 0.6) is 0 Å².